The summed E-state index contributed by atoms with van der Waals surface area (Å²) in [6, 6.07) is 14.5. The molecule has 1 aliphatic heterocycles. The van der Waals surface area contributed by atoms with Gasteiger partial charge in [-0.3, -0.25) is 4.99 Å². The molecule has 0 aliphatic carbocycles. The first kappa shape index (κ1) is 22.9. The number of nitrogens with one attached hydrogen (secondary N) is 1. The highest BCUT2D eigenvalue weighted by atomic mass is 16.5. The molecule has 1 fully saturated rings. The Labute approximate surface area is 186 Å². The number of benzene rings is 2. The van der Waals surface area contributed by atoms with Crippen LogP contribution in [0.15, 0.2) is 47.5 Å². The van der Waals surface area contributed by atoms with Crippen LogP contribution in [0.5, 0.6) is 11.5 Å². The van der Waals surface area contributed by atoms with Gasteiger partial charge in [0.15, 0.2) is 5.96 Å². The van der Waals surface area contributed by atoms with Gasteiger partial charge in [0.05, 0.1) is 14.2 Å². The fraction of sp³-hybridized carbons (Fsp3) is 0.480. The first-order chi connectivity index (χ1) is 15.0. The lowest BCUT2D eigenvalue weighted by Gasteiger charge is -2.39. The minimum Gasteiger partial charge on any atom is -0.496 e. The van der Waals surface area contributed by atoms with Crippen molar-refractivity contribution in [2.24, 2.45) is 4.99 Å². The Hall–Kier alpha value is -2.73. The Kier molecular flexibility index (Phi) is 7.80. The molecule has 2 aromatic rings. The molecule has 168 valence electrons. The molecule has 1 heterocycles. The summed E-state index contributed by atoms with van der Waals surface area (Å²) in [5.74, 6) is 2.67. The highest BCUT2D eigenvalue weighted by molar-refractivity contribution is 5.79. The lowest BCUT2D eigenvalue weighted by Crippen LogP contribution is -2.48. The number of ether oxygens (including phenoxy) is 3. The number of nitrogens with zero attached hydrogens (tertiary/aromatic N) is 2. The Morgan fingerprint density at radius 2 is 1.81 bits per heavy atom. The minimum absolute atomic E-state index is 0.0726. The molecule has 31 heavy (non-hydrogen) atoms. The van der Waals surface area contributed by atoms with Gasteiger partial charge in [0.2, 0.25) is 0 Å². The Morgan fingerprint density at radius 3 is 2.48 bits per heavy atom. The Morgan fingerprint density at radius 1 is 1.10 bits per heavy atom. The van der Waals surface area contributed by atoms with Gasteiger partial charge in [-0.2, -0.15) is 0 Å². The largest absolute Gasteiger partial charge is 0.496 e. The van der Waals surface area contributed by atoms with Crippen LogP contribution in [-0.4, -0.2) is 58.9 Å². The maximum atomic E-state index is 5.74. The van der Waals surface area contributed by atoms with E-state index in [9.17, 15) is 0 Å². The summed E-state index contributed by atoms with van der Waals surface area (Å²) >= 11 is 0. The van der Waals surface area contributed by atoms with Crippen molar-refractivity contribution in [3.05, 3.63) is 59.2 Å². The number of hydrogen-bond donors (Lipinski definition) is 1. The highest BCUT2D eigenvalue weighted by Crippen LogP contribution is 2.40. The van der Waals surface area contributed by atoms with E-state index in [1.165, 1.54) is 11.1 Å². The van der Waals surface area contributed by atoms with Crippen LogP contribution in [0.2, 0.25) is 0 Å². The van der Waals surface area contributed by atoms with E-state index in [0.29, 0.717) is 6.54 Å². The SMILES string of the molecule is CN=C(NCC1(c2cc(C)ccc2OC)CCOCC1)N(C)Cc1ccccc1OC. The second kappa shape index (κ2) is 10.5. The van der Waals surface area contributed by atoms with Crippen molar-refractivity contribution < 1.29 is 14.2 Å². The van der Waals surface area contributed by atoms with E-state index in [0.717, 1.165) is 55.6 Å². The first-order valence-electron chi connectivity index (χ1n) is 10.8. The van der Waals surface area contributed by atoms with Crippen LogP contribution in [0.3, 0.4) is 0 Å². The normalized spacial score (nSPS) is 16.0. The smallest absolute Gasteiger partial charge is 0.193 e. The van der Waals surface area contributed by atoms with E-state index >= 15 is 0 Å². The third-order valence-electron chi connectivity index (χ3n) is 6.13. The molecule has 0 radical (unpaired) electrons. The molecular formula is C25H35N3O3. The number of methoxy groups -OCH3 is 2. The van der Waals surface area contributed by atoms with Crippen LogP contribution in [0, 0.1) is 6.92 Å². The third-order valence-corrected chi connectivity index (χ3v) is 6.13. The van der Waals surface area contributed by atoms with Crippen molar-refractivity contribution >= 4 is 5.96 Å². The maximum absolute atomic E-state index is 5.74. The van der Waals surface area contributed by atoms with Crippen LogP contribution in [0.1, 0.15) is 29.5 Å². The summed E-state index contributed by atoms with van der Waals surface area (Å²) in [5, 5.41) is 3.63. The second-order valence-corrected chi connectivity index (χ2v) is 8.17. The predicted octanol–water partition coefficient (Wildman–Crippen LogP) is 3.77. The zero-order chi connectivity index (χ0) is 22.3. The fourth-order valence-electron chi connectivity index (χ4n) is 4.34. The zero-order valence-electron chi connectivity index (χ0n) is 19.4. The number of aliphatic imine (C=N–C) groups is 1. The van der Waals surface area contributed by atoms with Crippen LogP contribution in [0.4, 0.5) is 0 Å². The Bertz CT molecular complexity index is 891. The molecule has 0 saturated carbocycles. The molecule has 1 aliphatic rings. The molecule has 2 aromatic carbocycles. The predicted molar refractivity (Wildman–Crippen MR) is 125 cm³/mol. The van der Waals surface area contributed by atoms with E-state index in [4.69, 9.17) is 14.2 Å². The number of para-hydroxylation sites is 1. The fourth-order valence-corrected chi connectivity index (χ4v) is 4.34. The number of guanidine groups is 1. The Balaban J connectivity index is 1.80. The average Bonchev–Trinajstić information content (AvgIpc) is 2.80. The average molecular weight is 426 g/mol. The van der Waals surface area contributed by atoms with Crippen LogP contribution >= 0.6 is 0 Å². The van der Waals surface area contributed by atoms with E-state index in [2.05, 4.69) is 46.4 Å². The quantitative estimate of drug-likeness (QED) is 0.541. The molecule has 0 aromatic heterocycles. The third kappa shape index (κ3) is 5.31. The molecule has 0 unspecified atom stereocenters. The standard InChI is InChI=1S/C25H35N3O3/c1-19-10-11-23(30-5)21(16-19)25(12-14-31-15-13-25)18-27-24(26-2)28(3)17-20-8-6-7-9-22(20)29-4/h6-11,16H,12-15,17-18H2,1-5H3,(H,26,27). The lowest BCUT2D eigenvalue weighted by molar-refractivity contribution is 0.0503. The van der Waals surface area contributed by atoms with Gasteiger partial charge in [0.1, 0.15) is 11.5 Å². The number of rotatable bonds is 7. The van der Waals surface area contributed by atoms with Gasteiger partial charge in [-0.05, 0) is 31.9 Å². The van der Waals surface area contributed by atoms with Gasteiger partial charge in [0.25, 0.3) is 0 Å². The molecule has 0 atom stereocenters. The van der Waals surface area contributed by atoms with Crippen molar-refractivity contribution in [2.75, 3.05) is 48.1 Å². The van der Waals surface area contributed by atoms with Crippen LogP contribution < -0.4 is 14.8 Å². The lowest BCUT2D eigenvalue weighted by atomic mass is 9.73. The van der Waals surface area contributed by atoms with Crippen molar-refractivity contribution in [2.45, 2.75) is 31.7 Å². The molecule has 0 spiro atoms. The number of hydrogen-bond acceptors (Lipinski definition) is 4. The van der Waals surface area contributed by atoms with Gasteiger partial charge in [-0.1, -0.05) is 35.9 Å². The van der Waals surface area contributed by atoms with Crippen molar-refractivity contribution in [1.82, 2.24) is 10.2 Å². The van der Waals surface area contributed by atoms with Gasteiger partial charge < -0.3 is 24.4 Å². The summed E-state index contributed by atoms with van der Waals surface area (Å²) < 4.78 is 17.0. The topological polar surface area (TPSA) is 55.3 Å². The molecule has 0 amide bonds. The molecule has 1 saturated heterocycles. The van der Waals surface area contributed by atoms with E-state index < -0.39 is 0 Å². The van der Waals surface area contributed by atoms with E-state index in [1.54, 1.807) is 14.2 Å². The minimum atomic E-state index is -0.0726. The summed E-state index contributed by atoms with van der Waals surface area (Å²) in [6.45, 7) is 5.08. The molecular weight excluding hydrogens is 390 g/mol. The van der Waals surface area contributed by atoms with Crippen LogP contribution in [-0.2, 0) is 16.7 Å². The second-order valence-electron chi connectivity index (χ2n) is 8.17. The maximum Gasteiger partial charge on any atom is 0.193 e. The summed E-state index contributed by atoms with van der Waals surface area (Å²) in [4.78, 5) is 6.66. The molecule has 0 bridgehead atoms. The highest BCUT2D eigenvalue weighted by Gasteiger charge is 2.37. The molecule has 3 rings (SSSR count). The first-order valence-corrected chi connectivity index (χ1v) is 10.8. The molecule has 6 heteroatoms. The van der Waals surface area contributed by atoms with E-state index in [1.807, 2.05) is 32.3 Å². The van der Waals surface area contributed by atoms with Gasteiger partial charge in [-0.15, -0.1) is 0 Å². The van der Waals surface area contributed by atoms with Gasteiger partial charge in [-0.25, -0.2) is 0 Å². The summed E-state index contributed by atoms with van der Waals surface area (Å²) in [6.07, 6.45) is 1.88. The summed E-state index contributed by atoms with van der Waals surface area (Å²) in [5.41, 5.74) is 3.53. The number of aryl methyl sites for hydroxylation is 1. The van der Waals surface area contributed by atoms with Crippen molar-refractivity contribution in [3.63, 3.8) is 0 Å². The van der Waals surface area contributed by atoms with Crippen molar-refractivity contribution in [3.8, 4) is 11.5 Å². The van der Waals surface area contributed by atoms with Gasteiger partial charge >= 0.3 is 0 Å². The van der Waals surface area contributed by atoms with Crippen LogP contribution in [0.25, 0.3) is 0 Å². The molecule has 6 nitrogen and oxygen atoms in total. The monoisotopic (exact) mass is 425 g/mol. The van der Waals surface area contributed by atoms with E-state index in [-0.39, 0.29) is 5.41 Å². The molecule has 1 N–H and O–H groups in total. The zero-order valence-corrected chi connectivity index (χ0v) is 19.4. The van der Waals surface area contributed by atoms with Crippen molar-refractivity contribution in [1.29, 1.82) is 0 Å². The summed E-state index contributed by atoms with van der Waals surface area (Å²) in [7, 11) is 7.32. The van der Waals surface area contributed by atoms with Gasteiger partial charge in [0, 0.05) is 56.9 Å².